The van der Waals surface area contributed by atoms with E-state index in [1.54, 1.807) is 23.8 Å². The summed E-state index contributed by atoms with van der Waals surface area (Å²) in [6.07, 6.45) is 1.60. The minimum absolute atomic E-state index is 0. The van der Waals surface area contributed by atoms with Gasteiger partial charge in [-0.05, 0) is 25.0 Å². The van der Waals surface area contributed by atoms with Crippen molar-refractivity contribution in [3.8, 4) is 0 Å². The molecule has 0 saturated carbocycles. The molecule has 1 aliphatic heterocycles. The van der Waals surface area contributed by atoms with Gasteiger partial charge in [0.15, 0.2) is 0 Å². The fourth-order valence-corrected chi connectivity index (χ4v) is 2.68. The first kappa shape index (κ1) is 18.5. The molecule has 1 aromatic rings. The minimum atomic E-state index is -0.388. The number of anilines is 1. The quantitative estimate of drug-likeness (QED) is 0.915. The molecule has 1 heterocycles. The summed E-state index contributed by atoms with van der Waals surface area (Å²) in [7, 11) is 1.70. The second kappa shape index (κ2) is 8.15. The fourth-order valence-electron chi connectivity index (χ4n) is 2.68. The van der Waals surface area contributed by atoms with E-state index >= 15 is 0 Å². The molecule has 122 valence electrons. The summed E-state index contributed by atoms with van der Waals surface area (Å²) in [6, 6.07) is 9.21. The highest BCUT2D eigenvalue weighted by Crippen LogP contribution is 2.23. The van der Waals surface area contributed by atoms with Gasteiger partial charge in [-0.2, -0.15) is 0 Å². The molecule has 6 heteroatoms. The molecule has 2 rings (SSSR count). The Kier molecular flexibility index (Phi) is 6.84. The van der Waals surface area contributed by atoms with Gasteiger partial charge in [0, 0.05) is 31.7 Å². The Labute approximate surface area is 137 Å². The molecule has 1 aromatic carbocycles. The van der Waals surface area contributed by atoms with Crippen molar-refractivity contribution in [2.24, 2.45) is 11.7 Å². The van der Waals surface area contributed by atoms with Gasteiger partial charge in [-0.3, -0.25) is 9.59 Å². The first-order chi connectivity index (χ1) is 10.1. The number of carbonyl (C=O) groups excluding carboxylic acids is 2. The van der Waals surface area contributed by atoms with Crippen LogP contribution in [0.3, 0.4) is 0 Å². The van der Waals surface area contributed by atoms with Gasteiger partial charge >= 0.3 is 0 Å². The van der Waals surface area contributed by atoms with Gasteiger partial charge in [-0.1, -0.05) is 25.1 Å². The lowest BCUT2D eigenvalue weighted by molar-refractivity contribution is -0.141. The molecule has 2 N–H and O–H groups in total. The summed E-state index contributed by atoms with van der Waals surface area (Å²) in [5.74, 6) is -0.326. The summed E-state index contributed by atoms with van der Waals surface area (Å²) in [4.78, 5) is 28.3. The van der Waals surface area contributed by atoms with Crippen LogP contribution in [0, 0.1) is 5.92 Å². The van der Waals surface area contributed by atoms with E-state index in [1.165, 1.54) is 0 Å². The largest absolute Gasteiger partial charge is 0.333 e. The molecule has 0 spiro atoms. The zero-order chi connectivity index (χ0) is 15.4. The van der Waals surface area contributed by atoms with Crippen molar-refractivity contribution in [1.29, 1.82) is 0 Å². The standard InChI is InChI=1S/C16H23N3O2.ClH/c1-12(11-17)15(20)18(2)14-9-6-10-19(16(14)21)13-7-4-3-5-8-13;/h3-5,7-8,12,14H,6,9-11,17H2,1-2H3;1H. The lowest BCUT2D eigenvalue weighted by Gasteiger charge is -2.37. The van der Waals surface area contributed by atoms with E-state index in [-0.39, 0.29) is 36.2 Å². The van der Waals surface area contributed by atoms with Crippen molar-refractivity contribution in [3.05, 3.63) is 30.3 Å². The minimum Gasteiger partial charge on any atom is -0.333 e. The van der Waals surface area contributed by atoms with Crippen LogP contribution in [0.15, 0.2) is 30.3 Å². The SMILES string of the molecule is CC(CN)C(=O)N(C)C1CCCN(c2ccccc2)C1=O.Cl. The molecular formula is C16H24ClN3O2. The van der Waals surface area contributed by atoms with E-state index in [1.807, 2.05) is 30.3 Å². The summed E-state index contributed by atoms with van der Waals surface area (Å²) >= 11 is 0. The van der Waals surface area contributed by atoms with Crippen LogP contribution in [0.2, 0.25) is 0 Å². The van der Waals surface area contributed by atoms with E-state index in [4.69, 9.17) is 5.73 Å². The molecule has 1 saturated heterocycles. The maximum absolute atomic E-state index is 12.7. The molecule has 5 nitrogen and oxygen atoms in total. The van der Waals surface area contributed by atoms with Crippen LogP contribution >= 0.6 is 12.4 Å². The molecular weight excluding hydrogens is 302 g/mol. The lowest BCUT2D eigenvalue weighted by atomic mass is 10.0. The van der Waals surface area contributed by atoms with Gasteiger partial charge in [0.2, 0.25) is 11.8 Å². The number of nitrogens with zero attached hydrogens (tertiary/aromatic N) is 2. The third kappa shape index (κ3) is 3.78. The highest BCUT2D eigenvalue weighted by molar-refractivity contribution is 6.00. The second-order valence-electron chi connectivity index (χ2n) is 5.57. The van der Waals surface area contributed by atoms with Gasteiger partial charge < -0.3 is 15.5 Å². The fraction of sp³-hybridized carbons (Fsp3) is 0.500. The highest BCUT2D eigenvalue weighted by Gasteiger charge is 2.35. The number of hydrogen-bond acceptors (Lipinski definition) is 3. The van der Waals surface area contributed by atoms with Crippen LogP contribution < -0.4 is 10.6 Å². The summed E-state index contributed by atoms with van der Waals surface area (Å²) in [5, 5.41) is 0. The molecule has 22 heavy (non-hydrogen) atoms. The van der Waals surface area contributed by atoms with Crippen LogP contribution in [0.1, 0.15) is 19.8 Å². The number of nitrogens with two attached hydrogens (primary N) is 1. The Morgan fingerprint density at radius 2 is 2.05 bits per heavy atom. The Bertz CT molecular complexity index is 509. The average molecular weight is 326 g/mol. The smallest absolute Gasteiger partial charge is 0.249 e. The zero-order valence-electron chi connectivity index (χ0n) is 13.1. The zero-order valence-corrected chi connectivity index (χ0v) is 13.9. The van der Waals surface area contributed by atoms with Gasteiger partial charge in [0.1, 0.15) is 6.04 Å². The Hall–Kier alpha value is -1.59. The molecule has 0 bridgehead atoms. The Morgan fingerprint density at radius 3 is 2.64 bits per heavy atom. The van der Waals surface area contributed by atoms with Crippen molar-refractivity contribution in [1.82, 2.24) is 4.90 Å². The second-order valence-corrected chi connectivity index (χ2v) is 5.57. The van der Waals surface area contributed by atoms with Crippen LogP contribution in [0.5, 0.6) is 0 Å². The van der Waals surface area contributed by atoms with Crippen molar-refractivity contribution in [2.45, 2.75) is 25.8 Å². The number of likely N-dealkylation sites (N-methyl/N-ethyl adjacent to an activating group) is 1. The lowest BCUT2D eigenvalue weighted by Crippen LogP contribution is -2.54. The van der Waals surface area contributed by atoms with E-state index in [2.05, 4.69) is 0 Å². The van der Waals surface area contributed by atoms with Crippen LogP contribution in [-0.2, 0) is 9.59 Å². The summed E-state index contributed by atoms with van der Waals surface area (Å²) in [5.41, 5.74) is 6.44. The van der Waals surface area contributed by atoms with Crippen LogP contribution in [0.4, 0.5) is 5.69 Å². The third-order valence-corrected chi connectivity index (χ3v) is 4.07. The summed E-state index contributed by atoms with van der Waals surface area (Å²) < 4.78 is 0. The number of benzene rings is 1. The molecule has 2 unspecified atom stereocenters. The molecule has 1 aliphatic rings. The predicted molar refractivity (Wildman–Crippen MR) is 90.1 cm³/mol. The molecule has 2 amide bonds. The third-order valence-electron chi connectivity index (χ3n) is 4.07. The predicted octanol–water partition coefficient (Wildman–Crippen LogP) is 1.66. The molecule has 2 atom stereocenters. The van der Waals surface area contributed by atoms with E-state index in [9.17, 15) is 9.59 Å². The molecule has 0 aliphatic carbocycles. The van der Waals surface area contributed by atoms with Gasteiger partial charge in [0.25, 0.3) is 0 Å². The van der Waals surface area contributed by atoms with Crippen molar-refractivity contribution in [3.63, 3.8) is 0 Å². The van der Waals surface area contributed by atoms with Crippen LogP contribution in [0.25, 0.3) is 0 Å². The average Bonchev–Trinajstić information content (AvgIpc) is 2.53. The topological polar surface area (TPSA) is 66.6 Å². The first-order valence-corrected chi connectivity index (χ1v) is 7.39. The van der Waals surface area contributed by atoms with Crippen molar-refractivity contribution < 1.29 is 9.59 Å². The maximum atomic E-state index is 12.7. The van der Waals surface area contributed by atoms with E-state index in [0.29, 0.717) is 19.5 Å². The number of piperidine rings is 1. The normalized spacial score (nSPS) is 19.3. The van der Waals surface area contributed by atoms with Crippen molar-refractivity contribution >= 4 is 29.9 Å². The van der Waals surface area contributed by atoms with E-state index in [0.717, 1.165) is 12.1 Å². The monoisotopic (exact) mass is 325 g/mol. The number of carbonyl (C=O) groups is 2. The van der Waals surface area contributed by atoms with Gasteiger partial charge in [0.05, 0.1) is 0 Å². The Morgan fingerprint density at radius 1 is 1.41 bits per heavy atom. The number of amides is 2. The first-order valence-electron chi connectivity index (χ1n) is 7.39. The van der Waals surface area contributed by atoms with Crippen LogP contribution in [-0.4, -0.2) is 42.9 Å². The number of rotatable bonds is 4. The molecule has 0 radical (unpaired) electrons. The molecule has 0 aromatic heterocycles. The highest BCUT2D eigenvalue weighted by atomic mass is 35.5. The summed E-state index contributed by atoms with van der Waals surface area (Å²) in [6.45, 7) is 2.79. The molecule has 1 fully saturated rings. The van der Waals surface area contributed by atoms with Gasteiger partial charge in [-0.25, -0.2) is 0 Å². The van der Waals surface area contributed by atoms with Crippen molar-refractivity contribution in [2.75, 3.05) is 25.0 Å². The number of halogens is 1. The Balaban J connectivity index is 0.00000242. The number of hydrogen-bond donors (Lipinski definition) is 1. The van der Waals surface area contributed by atoms with Gasteiger partial charge in [-0.15, -0.1) is 12.4 Å². The van der Waals surface area contributed by atoms with E-state index < -0.39 is 0 Å². The number of para-hydroxylation sites is 1. The maximum Gasteiger partial charge on any atom is 0.249 e.